The maximum absolute atomic E-state index is 13.7. The number of ether oxygens (including phenoxy) is 1. The molecule has 0 fully saturated rings. The number of allylic oxidation sites excluding steroid dienone is 1. The van der Waals surface area contributed by atoms with Gasteiger partial charge in [-0.2, -0.15) is 0 Å². The molecule has 3 aromatic carbocycles. The predicted octanol–water partition coefficient (Wildman–Crippen LogP) is 3.95. The molecule has 0 radical (unpaired) electrons. The molecule has 1 aliphatic rings. The SMILES string of the molecule is CCOC(=O)C1=C(C)N=c2s/c(=C\c3ccccc3)c(=O)n2[C@H]1c1cccc2ccccc12. The van der Waals surface area contributed by atoms with Crippen molar-refractivity contribution in [2.24, 2.45) is 4.99 Å². The molecule has 6 heteroatoms. The van der Waals surface area contributed by atoms with Gasteiger partial charge in [0.05, 0.1) is 28.5 Å². The molecule has 0 bridgehead atoms. The topological polar surface area (TPSA) is 60.7 Å². The fourth-order valence-electron chi connectivity index (χ4n) is 4.28. The van der Waals surface area contributed by atoms with Crippen molar-refractivity contribution in [3.63, 3.8) is 0 Å². The monoisotopic (exact) mass is 454 g/mol. The Labute approximate surface area is 194 Å². The fraction of sp³-hybridized carbons (Fsp3) is 0.148. The Hall–Kier alpha value is -3.77. The second-order valence-corrected chi connectivity index (χ2v) is 8.79. The van der Waals surface area contributed by atoms with Crippen molar-refractivity contribution in [1.29, 1.82) is 0 Å². The molecule has 1 aromatic heterocycles. The van der Waals surface area contributed by atoms with Crippen LogP contribution in [0.25, 0.3) is 16.8 Å². The van der Waals surface area contributed by atoms with Crippen LogP contribution in [0.2, 0.25) is 0 Å². The molecule has 0 saturated heterocycles. The molecule has 0 aliphatic carbocycles. The summed E-state index contributed by atoms with van der Waals surface area (Å²) < 4.78 is 7.61. The van der Waals surface area contributed by atoms with Gasteiger partial charge in [-0.1, -0.05) is 84.1 Å². The third kappa shape index (κ3) is 3.72. The van der Waals surface area contributed by atoms with Crippen LogP contribution in [0.5, 0.6) is 0 Å². The molecule has 2 heterocycles. The number of hydrogen-bond donors (Lipinski definition) is 0. The van der Waals surface area contributed by atoms with Crippen LogP contribution in [-0.4, -0.2) is 17.1 Å². The zero-order valence-corrected chi connectivity index (χ0v) is 19.1. The van der Waals surface area contributed by atoms with Crippen molar-refractivity contribution in [3.05, 3.63) is 115 Å². The molecule has 0 spiro atoms. The lowest BCUT2D eigenvalue weighted by Gasteiger charge is -2.25. The minimum Gasteiger partial charge on any atom is -0.463 e. The van der Waals surface area contributed by atoms with Crippen molar-refractivity contribution in [2.45, 2.75) is 19.9 Å². The number of thiazole rings is 1. The minimum atomic E-state index is -0.621. The highest BCUT2D eigenvalue weighted by Crippen LogP contribution is 2.34. The molecule has 33 heavy (non-hydrogen) atoms. The summed E-state index contributed by atoms with van der Waals surface area (Å²) in [4.78, 5) is 32.0. The second kappa shape index (κ2) is 8.64. The lowest BCUT2D eigenvalue weighted by molar-refractivity contribution is -0.139. The molecule has 0 unspecified atom stereocenters. The van der Waals surface area contributed by atoms with E-state index < -0.39 is 12.0 Å². The number of aromatic nitrogens is 1. The molecule has 0 saturated carbocycles. The van der Waals surface area contributed by atoms with Crippen molar-refractivity contribution >= 4 is 34.2 Å². The summed E-state index contributed by atoms with van der Waals surface area (Å²) in [6.07, 6.45) is 1.87. The summed E-state index contributed by atoms with van der Waals surface area (Å²) in [5, 5.41) is 2.03. The standard InChI is InChI=1S/C27H22N2O3S/c1-3-32-26(31)23-17(2)28-27-29(25(30)22(33-27)16-18-10-5-4-6-11-18)24(23)21-15-9-13-19-12-7-8-14-20(19)21/h4-16,24H,3H2,1-2H3/b22-16-/t24-/m0/s1. The van der Waals surface area contributed by atoms with E-state index in [1.165, 1.54) is 11.3 Å². The largest absolute Gasteiger partial charge is 0.463 e. The van der Waals surface area contributed by atoms with Crippen LogP contribution in [0.1, 0.15) is 31.0 Å². The fourth-order valence-corrected chi connectivity index (χ4v) is 5.32. The number of carbonyl (C=O) groups excluding carboxylic acids is 1. The molecular formula is C27H22N2O3S. The number of carbonyl (C=O) groups is 1. The molecule has 5 nitrogen and oxygen atoms in total. The molecule has 1 atom stereocenters. The van der Waals surface area contributed by atoms with E-state index in [0.29, 0.717) is 20.6 Å². The highest BCUT2D eigenvalue weighted by Gasteiger charge is 2.34. The molecule has 0 amide bonds. The van der Waals surface area contributed by atoms with E-state index in [9.17, 15) is 9.59 Å². The Balaban J connectivity index is 1.82. The molecule has 164 valence electrons. The van der Waals surface area contributed by atoms with E-state index >= 15 is 0 Å². The normalized spacial score (nSPS) is 15.9. The predicted molar refractivity (Wildman–Crippen MR) is 131 cm³/mol. The third-order valence-electron chi connectivity index (χ3n) is 5.73. The Morgan fingerprint density at radius 1 is 1.06 bits per heavy atom. The molecule has 0 N–H and O–H groups in total. The lowest BCUT2D eigenvalue weighted by atomic mass is 9.91. The van der Waals surface area contributed by atoms with Crippen LogP contribution >= 0.6 is 11.3 Å². The van der Waals surface area contributed by atoms with Gasteiger partial charge >= 0.3 is 5.97 Å². The molecular weight excluding hydrogens is 432 g/mol. The van der Waals surface area contributed by atoms with Gasteiger partial charge in [-0.15, -0.1) is 0 Å². The Kier molecular flexibility index (Phi) is 5.52. The van der Waals surface area contributed by atoms with Crippen LogP contribution in [0.15, 0.2) is 93.9 Å². The van der Waals surface area contributed by atoms with E-state index in [4.69, 9.17) is 4.74 Å². The van der Waals surface area contributed by atoms with Gasteiger partial charge in [-0.05, 0) is 41.8 Å². The number of nitrogens with zero attached hydrogens (tertiary/aromatic N) is 2. The van der Waals surface area contributed by atoms with E-state index in [2.05, 4.69) is 4.99 Å². The van der Waals surface area contributed by atoms with Crippen molar-refractivity contribution in [3.8, 4) is 0 Å². The summed E-state index contributed by atoms with van der Waals surface area (Å²) in [5.74, 6) is -0.450. The number of rotatable bonds is 4. The van der Waals surface area contributed by atoms with Gasteiger partial charge in [0.2, 0.25) is 0 Å². The highest BCUT2D eigenvalue weighted by molar-refractivity contribution is 7.07. The van der Waals surface area contributed by atoms with E-state index in [1.807, 2.05) is 78.9 Å². The quantitative estimate of drug-likeness (QED) is 0.439. The van der Waals surface area contributed by atoms with Gasteiger partial charge in [0, 0.05) is 0 Å². The van der Waals surface area contributed by atoms with Crippen LogP contribution in [0, 0.1) is 0 Å². The van der Waals surface area contributed by atoms with Crippen molar-refractivity contribution in [1.82, 2.24) is 4.57 Å². The number of esters is 1. The summed E-state index contributed by atoms with van der Waals surface area (Å²) >= 11 is 1.33. The van der Waals surface area contributed by atoms with E-state index in [-0.39, 0.29) is 12.2 Å². The van der Waals surface area contributed by atoms with Gasteiger partial charge in [0.25, 0.3) is 5.56 Å². The lowest BCUT2D eigenvalue weighted by Crippen LogP contribution is -2.40. The first-order valence-corrected chi connectivity index (χ1v) is 11.6. The van der Waals surface area contributed by atoms with Gasteiger partial charge in [0.15, 0.2) is 4.80 Å². The van der Waals surface area contributed by atoms with Crippen molar-refractivity contribution in [2.75, 3.05) is 6.61 Å². The average Bonchev–Trinajstić information content (AvgIpc) is 3.13. The summed E-state index contributed by atoms with van der Waals surface area (Å²) in [7, 11) is 0. The zero-order valence-electron chi connectivity index (χ0n) is 18.3. The first-order valence-electron chi connectivity index (χ1n) is 10.8. The number of fused-ring (bicyclic) bond motifs is 2. The van der Waals surface area contributed by atoms with Crippen LogP contribution < -0.4 is 14.9 Å². The van der Waals surface area contributed by atoms with Crippen LogP contribution in [-0.2, 0) is 9.53 Å². The summed E-state index contributed by atoms with van der Waals surface area (Å²) in [6.45, 7) is 3.82. The number of hydrogen-bond acceptors (Lipinski definition) is 5. The first kappa shape index (κ1) is 21.1. The summed E-state index contributed by atoms with van der Waals surface area (Å²) in [6, 6.07) is 23.0. The minimum absolute atomic E-state index is 0.171. The first-order chi connectivity index (χ1) is 16.1. The average molecular weight is 455 g/mol. The van der Waals surface area contributed by atoms with Gasteiger partial charge in [-0.3, -0.25) is 9.36 Å². The van der Waals surface area contributed by atoms with E-state index in [1.54, 1.807) is 18.4 Å². The van der Waals surface area contributed by atoms with E-state index in [0.717, 1.165) is 21.9 Å². The highest BCUT2D eigenvalue weighted by atomic mass is 32.1. The molecule has 4 aromatic rings. The molecule has 5 rings (SSSR count). The van der Waals surface area contributed by atoms with Gasteiger partial charge in [0.1, 0.15) is 0 Å². The smallest absolute Gasteiger partial charge is 0.338 e. The maximum atomic E-state index is 13.7. The zero-order chi connectivity index (χ0) is 22.9. The second-order valence-electron chi connectivity index (χ2n) is 7.78. The Bertz CT molecular complexity index is 1570. The van der Waals surface area contributed by atoms with Gasteiger partial charge < -0.3 is 4.74 Å². The molecule has 1 aliphatic heterocycles. The third-order valence-corrected chi connectivity index (χ3v) is 6.72. The van der Waals surface area contributed by atoms with Gasteiger partial charge in [-0.25, -0.2) is 9.79 Å². The van der Waals surface area contributed by atoms with Crippen molar-refractivity contribution < 1.29 is 9.53 Å². The van der Waals surface area contributed by atoms with Crippen LogP contribution in [0.4, 0.5) is 0 Å². The number of benzene rings is 3. The summed E-state index contributed by atoms with van der Waals surface area (Å²) in [5.41, 5.74) is 2.60. The van der Waals surface area contributed by atoms with Crippen LogP contribution in [0.3, 0.4) is 0 Å². The maximum Gasteiger partial charge on any atom is 0.338 e. The Morgan fingerprint density at radius 2 is 1.79 bits per heavy atom. The Morgan fingerprint density at radius 3 is 2.58 bits per heavy atom.